The van der Waals surface area contributed by atoms with E-state index in [4.69, 9.17) is 14.5 Å². The molecule has 0 bridgehead atoms. The molecule has 32 heavy (non-hydrogen) atoms. The Labute approximate surface area is 186 Å². The molecule has 3 aromatic rings. The molecule has 8 heteroatoms. The lowest BCUT2D eigenvalue weighted by molar-refractivity contribution is 0.0600. The molecule has 1 unspecified atom stereocenters. The van der Waals surface area contributed by atoms with Gasteiger partial charge in [-0.15, -0.1) is 0 Å². The number of esters is 1. The van der Waals surface area contributed by atoms with Crippen LogP contribution in [0, 0.1) is 0 Å². The first kappa shape index (κ1) is 20.5. The normalized spacial score (nSPS) is 16.8. The zero-order valence-electron chi connectivity index (χ0n) is 18.3. The molecule has 1 fully saturated rings. The molecule has 5 rings (SSSR count). The number of morpholine rings is 1. The van der Waals surface area contributed by atoms with E-state index in [0.717, 1.165) is 18.5 Å². The van der Waals surface area contributed by atoms with Gasteiger partial charge in [0.05, 0.1) is 31.9 Å². The summed E-state index contributed by atoms with van der Waals surface area (Å²) in [7, 11) is 1.34. The number of carbonyl (C=O) groups excluding carboxylic acids is 1. The second kappa shape index (κ2) is 8.27. The van der Waals surface area contributed by atoms with Crippen molar-refractivity contribution in [3.05, 3.63) is 69.6 Å². The molecule has 2 aliphatic heterocycles. The average molecular weight is 434 g/mol. The van der Waals surface area contributed by atoms with E-state index in [-0.39, 0.29) is 11.6 Å². The molecule has 0 aliphatic carbocycles. The summed E-state index contributed by atoms with van der Waals surface area (Å²) < 4.78 is 11.9. The Bertz CT molecular complexity index is 1230. The fourth-order valence-corrected chi connectivity index (χ4v) is 4.64. The molecule has 4 heterocycles. The van der Waals surface area contributed by atoms with Crippen molar-refractivity contribution >= 4 is 23.1 Å². The van der Waals surface area contributed by atoms with Crippen LogP contribution in [0.2, 0.25) is 0 Å². The quantitative estimate of drug-likeness (QED) is 0.584. The molecule has 1 saturated heterocycles. The Balaban J connectivity index is 1.67. The van der Waals surface area contributed by atoms with Crippen molar-refractivity contribution < 1.29 is 14.3 Å². The van der Waals surface area contributed by atoms with Crippen LogP contribution in [0.3, 0.4) is 0 Å². The molecule has 0 N–H and O–H groups in total. The minimum Gasteiger partial charge on any atom is -0.465 e. The fraction of sp³-hybridized carbons (Fsp3) is 0.375. The van der Waals surface area contributed by atoms with Crippen LogP contribution >= 0.6 is 0 Å². The van der Waals surface area contributed by atoms with Crippen molar-refractivity contribution in [1.82, 2.24) is 9.38 Å². The van der Waals surface area contributed by atoms with Gasteiger partial charge >= 0.3 is 5.97 Å². The molecule has 0 spiro atoms. The summed E-state index contributed by atoms with van der Waals surface area (Å²) in [6.07, 6.45) is 2.48. The number of anilines is 2. The Morgan fingerprint density at radius 2 is 1.94 bits per heavy atom. The Morgan fingerprint density at radius 1 is 1.16 bits per heavy atom. The summed E-state index contributed by atoms with van der Waals surface area (Å²) in [5, 5.41) is 0. The van der Waals surface area contributed by atoms with E-state index >= 15 is 0 Å². The van der Waals surface area contributed by atoms with E-state index in [9.17, 15) is 9.59 Å². The number of rotatable bonds is 4. The highest BCUT2D eigenvalue weighted by Gasteiger charge is 2.27. The van der Waals surface area contributed by atoms with Gasteiger partial charge in [0.1, 0.15) is 11.5 Å². The molecule has 2 aliphatic rings. The number of pyridine rings is 1. The smallest absolute Gasteiger partial charge is 0.339 e. The van der Waals surface area contributed by atoms with E-state index < -0.39 is 5.97 Å². The maximum Gasteiger partial charge on any atom is 0.339 e. The first-order valence-corrected chi connectivity index (χ1v) is 10.9. The molecular weight excluding hydrogens is 408 g/mol. The van der Waals surface area contributed by atoms with Crippen LogP contribution in [-0.2, 0) is 15.9 Å². The molecule has 1 aromatic carbocycles. The number of para-hydroxylation sites is 1. The second-order valence-corrected chi connectivity index (χ2v) is 8.17. The Kier molecular flexibility index (Phi) is 5.30. The first-order chi connectivity index (χ1) is 15.6. The van der Waals surface area contributed by atoms with Gasteiger partial charge in [-0.1, -0.05) is 18.2 Å². The third-order valence-corrected chi connectivity index (χ3v) is 6.37. The molecular formula is C24H26N4O4. The van der Waals surface area contributed by atoms with Gasteiger partial charge in [-0.05, 0) is 31.0 Å². The molecule has 2 aromatic heterocycles. The third-order valence-electron chi connectivity index (χ3n) is 6.37. The van der Waals surface area contributed by atoms with Crippen molar-refractivity contribution in [2.45, 2.75) is 19.4 Å². The van der Waals surface area contributed by atoms with E-state index in [1.54, 1.807) is 0 Å². The number of hydrogen-bond acceptors (Lipinski definition) is 7. The third kappa shape index (κ3) is 3.50. The van der Waals surface area contributed by atoms with E-state index in [1.165, 1.54) is 35.0 Å². The summed E-state index contributed by atoms with van der Waals surface area (Å²) in [6, 6.07) is 11.6. The van der Waals surface area contributed by atoms with Crippen molar-refractivity contribution in [1.29, 1.82) is 0 Å². The molecule has 8 nitrogen and oxygen atoms in total. The minimum atomic E-state index is -0.480. The van der Waals surface area contributed by atoms with Gasteiger partial charge in [-0.25, -0.2) is 9.78 Å². The van der Waals surface area contributed by atoms with Crippen LogP contribution in [0.25, 0.3) is 5.65 Å². The highest BCUT2D eigenvalue weighted by Crippen LogP contribution is 2.36. The van der Waals surface area contributed by atoms with Crippen molar-refractivity contribution in [3.8, 4) is 0 Å². The van der Waals surface area contributed by atoms with Gasteiger partial charge in [-0.3, -0.25) is 9.20 Å². The predicted octanol–water partition coefficient (Wildman–Crippen LogP) is 2.44. The van der Waals surface area contributed by atoms with Gasteiger partial charge < -0.3 is 19.3 Å². The van der Waals surface area contributed by atoms with Gasteiger partial charge in [0.25, 0.3) is 5.56 Å². The van der Waals surface area contributed by atoms with E-state index in [2.05, 4.69) is 34.9 Å². The Morgan fingerprint density at radius 3 is 2.72 bits per heavy atom. The minimum absolute atomic E-state index is 0.0925. The summed E-state index contributed by atoms with van der Waals surface area (Å²) in [5.74, 6) is 0.158. The van der Waals surface area contributed by atoms with Gasteiger partial charge in [-0.2, -0.15) is 0 Å². The fourth-order valence-electron chi connectivity index (χ4n) is 4.64. The average Bonchev–Trinajstić information content (AvgIpc) is 3.27. The van der Waals surface area contributed by atoms with Crippen LogP contribution < -0.4 is 15.4 Å². The second-order valence-electron chi connectivity index (χ2n) is 8.17. The summed E-state index contributed by atoms with van der Waals surface area (Å²) >= 11 is 0. The number of ether oxygens (including phenoxy) is 2. The van der Waals surface area contributed by atoms with Crippen LogP contribution in [-0.4, -0.2) is 55.3 Å². The maximum atomic E-state index is 13.1. The number of hydrogen-bond donors (Lipinski definition) is 0. The number of methoxy groups -OCH3 is 1. The first-order valence-electron chi connectivity index (χ1n) is 10.9. The lowest BCUT2D eigenvalue weighted by Gasteiger charge is -2.30. The van der Waals surface area contributed by atoms with Crippen LogP contribution in [0.4, 0.5) is 11.5 Å². The molecule has 0 amide bonds. The van der Waals surface area contributed by atoms with Crippen molar-refractivity contribution in [3.63, 3.8) is 0 Å². The van der Waals surface area contributed by atoms with Gasteiger partial charge in [0.15, 0.2) is 0 Å². The zero-order valence-corrected chi connectivity index (χ0v) is 18.3. The monoisotopic (exact) mass is 434 g/mol. The number of benzene rings is 1. The lowest BCUT2D eigenvalue weighted by Crippen LogP contribution is -2.38. The number of nitrogens with zero attached hydrogens (tertiary/aromatic N) is 4. The molecule has 166 valence electrons. The number of aromatic nitrogens is 2. The number of fused-ring (bicyclic) bond motifs is 2. The van der Waals surface area contributed by atoms with E-state index in [0.29, 0.717) is 43.3 Å². The summed E-state index contributed by atoms with van der Waals surface area (Å²) in [5.41, 5.74) is 3.95. The summed E-state index contributed by atoms with van der Waals surface area (Å²) in [6.45, 7) is 5.54. The Hall–Kier alpha value is -3.39. The highest BCUT2D eigenvalue weighted by atomic mass is 16.5. The zero-order chi connectivity index (χ0) is 22.2. The lowest BCUT2D eigenvalue weighted by atomic mass is 10.1. The summed E-state index contributed by atoms with van der Waals surface area (Å²) in [4.78, 5) is 34.7. The van der Waals surface area contributed by atoms with Gasteiger partial charge in [0.2, 0.25) is 0 Å². The largest absolute Gasteiger partial charge is 0.465 e. The standard InChI is InChI=1S/C24H26N4O4/c1-16(27-8-7-17-5-3-4-6-20(17)27)19-13-18(24(30)31-2)15-28-22(29)14-21(25-23(19)28)26-9-11-32-12-10-26/h3-6,13-16H,7-12H2,1-2H3. The SMILES string of the molecule is COC(=O)c1cc(C(C)N2CCc3ccccc32)c2nc(N3CCOCC3)cc(=O)n2c1. The van der Waals surface area contributed by atoms with Crippen LogP contribution in [0.1, 0.15) is 34.5 Å². The molecule has 0 saturated carbocycles. The van der Waals surface area contributed by atoms with Crippen molar-refractivity contribution in [2.24, 2.45) is 0 Å². The highest BCUT2D eigenvalue weighted by molar-refractivity contribution is 5.90. The maximum absolute atomic E-state index is 13.1. The van der Waals surface area contributed by atoms with Crippen molar-refractivity contribution in [2.75, 3.05) is 49.8 Å². The predicted molar refractivity (Wildman–Crippen MR) is 122 cm³/mol. The molecule has 1 atom stereocenters. The number of carbonyl (C=O) groups is 1. The molecule has 0 radical (unpaired) electrons. The van der Waals surface area contributed by atoms with Crippen LogP contribution in [0.5, 0.6) is 0 Å². The van der Waals surface area contributed by atoms with Gasteiger partial charge in [0, 0.05) is 43.1 Å². The van der Waals surface area contributed by atoms with Crippen LogP contribution in [0.15, 0.2) is 47.4 Å². The topological polar surface area (TPSA) is 76.4 Å². The van der Waals surface area contributed by atoms with E-state index in [1.807, 2.05) is 12.1 Å².